The molecule has 0 spiro atoms. The van der Waals surface area contributed by atoms with Gasteiger partial charge >= 0.3 is 5.97 Å². The Hall–Kier alpha value is -2.09. The molecule has 2 bridgehead atoms. The molecular weight excluding hydrogens is 506 g/mol. The number of benzene rings is 1. The van der Waals surface area contributed by atoms with E-state index in [0.717, 1.165) is 5.56 Å². The number of fused-ring (bicyclic) bond motifs is 22. The van der Waals surface area contributed by atoms with Crippen LogP contribution in [0.3, 0.4) is 0 Å². The molecule has 37 heavy (non-hydrogen) atoms. The lowest BCUT2D eigenvalue weighted by Crippen LogP contribution is -2.43. The van der Waals surface area contributed by atoms with E-state index in [2.05, 4.69) is 5.32 Å². The number of hydrogen-bond acceptors (Lipinski definition) is 11. The highest BCUT2D eigenvalue weighted by atomic mass is 32.2. The lowest BCUT2D eigenvalue weighted by atomic mass is 10.2. The second kappa shape index (κ2) is 19.9. The summed E-state index contributed by atoms with van der Waals surface area (Å²) in [5, 5.41) is 2.73. The molecule has 1 aromatic rings. The van der Waals surface area contributed by atoms with Gasteiger partial charge in [0.1, 0.15) is 19.3 Å². The van der Waals surface area contributed by atoms with Crippen LogP contribution in [0, 0.1) is 0 Å². The highest BCUT2D eigenvalue weighted by molar-refractivity contribution is 7.98. The number of amides is 1. The Morgan fingerprint density at radius 3 is 2.24 bits per heavy atom. The van der Waals surface area contributed by atoms with Crippen LogP contribution < -0.4 is 14.8 Å². The average Bonchev–Trinajstić information content (AvgIpc) is 2.90. The van der Waals surface area contributed by atoms with Crippen molar-refractivity contribution in [2.75, 3.05) is 92.6 Å². The van der Waals surface area contributed by atoms with Crippen LogP contribution in [0.15, 0.2) is 18.2 Å². The molecule has 2 aliphatic heterocycles. The zero-order valence-corrected chi connectivity index (χ0v) is 22.5. The largest absolute Gasteiger partial charge is 0.487 e. The standard InChI is InChI=1S/C25H39NO10S/c1-29-7-15-36-23-17-20-3-4-22(23)35-16-14-34-13-12-33-11-10-32-9-8-31-6-5-24(27)26-21(19-37-18-20)25(28)30-2/h3-4,17,21H,5-16,18-19H2,1-2H3,(H,26,27). The number of methoxy groups -OCH3 is 2. The van der Waals surface area contributed by atoms with Gasteiger partial charge in [0.05, 0.1) is 66.6 Å². The first kappa shape index (κ1) is 31.1. The molecule has 0 saturated carbocycles. The van der Waals surface area contributed by atoms with Gasteiger partial charge in [-0.3, -0.25) is 4.79 Å². The SMILES string of the molecule is COCCOc1cc2ccc1OCCOCCOCCOCCOCCC(=O)NC(C(=O)OC)CSC2. The van der Waals surface area contributed by atoms with E-state index < -0.39 is 12.0 Å². The van der Waals surface area contributed by atoms with E-state index in [1.165, 1.54) is 18.9 Å². The van der Waals surface area contributed by atoms with Crippen LogP contribution in [0.5, 0.6) is 11.5 Å². The molecule has 1 unspecified atom stereocenters. The first-order chi connectivity index (χ1) is 18.1. The zero-order valence-electron chi connectivity index (χ0n) is 21.7. The van der Waals surface area contributed by atoms with Crippen molar-refractivity contribution in [1.29, 1.82) is 0 Å². The quantitative estimate of drug-likeness (QED) is 0.329. The molecule has 2 heterocycles. The molecule has 2 aliphatic rings. The maximum absolute atomic E-state index is 12.3. The Morgan fingerprint density at radius 2 is 1.59 bits per heavy atom. The molecular formula is C25H39NO10S. The predicted octanol–water partition coefficient (Wildman–Crippen LogP) is 1.45. The van der Waals surface area contributed by atoms with Crippen molar-refractivity contribution in [1.82, 2.24) is 5.32 Å². The Balaban J connectivity index is 2.01. The van der Waals surface area contributed by atoms with Crippen molar-refractivity contribution in [2.24, 2.45) is 0 Å². The third kappa shape index (κ3) is 13.9. The fourth-order valence-corrected chi connectivity index (χ4v) is 4.11. The van der Waals surface area contributed by atoms with Gasteiger partial charge in [0.25, 0.3) is 0 Å². The van der Waals surface area contributed by atoms with Crippen molar-refractivity contribution in [3.63, 3.8) is 0 Å². The van der Waals surface area contributed by atoms with E-state index >= 15 is 0 Å². The minimum Gasteiger partial charge on any atom is -0.487 e. The summed E-state index contributed by atoms with van der Waals surface area (Å²) in [6.45, 7) is 4.37. The van der Waals surface area contributed by atoms with Gasteiger partial charge in [-0.2, -0.15) is 11.8 Å². The van der Waals surface area contributed by atoms with Crippen LogP contribution in [-0.4, -0.2) is 111 Å². The van der Waals surface area contributed by atoms with Crippen LogP contribution >= 0.6 is 11.8 Å². The van der Waals surface area contributed by atoms with Gasteiger partial charge in [0, 0.05) is 25.0 Å². The average molecular weight is 546 g/mol. The summed E-state index contributed by atoms with van der Waals surface area (Å²) in [6, 6.07) is 4.93. The maximum atomic E-state index is 12.3. The van der Waals surface area contributed by atoms with Gasteiger partial charge in [-0.15, -0.1) is 0 Å². The third-order valence-electron chi connectivity index (χ3n) is 5.00. The fraction of sp³-hybridized carbons (Fsp3) is 0.680. The van der Waals surface area contributed by atoms with E-state index in [1.54, 1.807) is 7.11 Å². The van der Waals surface area contributed by atoms with Gasteiger partial charge in [0.15, 0.2) is 11.5 Å². The lowest BCUT2D eigenvalue weighted by molar-refractivity contribution is -0.144. The predicted molar refractivity (Wildman–Crippen MR) is 137 cm³/mol. The van der Waals surface area contributed by atoms with Gasteiger partial charge in [-0.25, -0.2) is 4.79 Å². The van der Waals surface area contributed by atoms with Crippen LogP contribution in [-0.2, 0) is 43.8 Å². The summed E-state index contributed by atoms with van der Waals surface area (Å²) in [5.74, 6) is 1.37. The molecule has 0 aliphatic carbocycles. The summed E-state index contributed by atoms with van der Waals surface area (Å²) >= 11 is 1.50. The summed E-state index contributed by atoms with van der Waals surface area (Å²) < 4.78 is 43.6. The number of carbonyl (C=O) groups excluding carboxylic acids is 2. The van der Waals surface area contributed by atoms with Crippen molar-refractivity contribution in [3.05, 3.63) is 23.8 Å². The highest BCUT2D eigenvalue weighted by Gasteiger charge is 2.21. The number of rotatable bonds is 5. The van der Waals surface area contributed by atoms with Gasteiger partial charge in [-0.1, -0.05) is 6.07 Å². The third-order valence-corrected chi connectivity index (χ3v) is 6.11. The normalized spacial score (nSPS) is 20.1. The minimum atomic E-state index is -0.764. The number of esters is 1. The molecule has 0 saturated heterocycles. The molecule has 1 aromatic carbocycles. The lowest BCUT2D eigenvalue weighted by Gasteiger charge is -2.17. The topological polar surface area (TPSA) is 120 Å². The van der Waals surface area contributed by atoms with Crippen LogP contribution in [0.25, 0.3) is 0 Å². The number of ether oxygens (including phenoxy) is 8. The summed E-state index contributed by atoms with van der Waals surface area (Å²) in [7, 11) is 2.91. The molecule has 210 valence electrons. The first-order valence-corrected chi connectivity index (χ1v) is 13.4. The zero-order chi connectivity index (χ0) is 26.6. The molecule has 3 rings (SSSR count). The van der Waals surface area contributed by atoms with E-state index in [9.17, 15) is 9.59 Å². The van der Waals surface area contributed by atoms with Crippen molar-refractivity contribution < 1.29 is 47.5 Å². The van der Waals surface area contributed by atoms with E-state index in [4.69, 9.17) is 37.9 Å². The second-order valence-corrected chi connectivity index (χ2v) is 8.86. The minimum absolute atomic E-state index is 0.130. The van der Waals surface area contributed by atoms with E-state index in [-0.39, 0.29) is 18.9 Å². The molecule has 1 N–H and O–H groups in total. The second-order valence-electron chi connectivity index (χ2n) is 7.83. The summed E-state index contributed by atoms with van der Waals surface area (Å²) in [4.78, 5) is 24.5. The molecule has 11 nitrogen and oxygen atoms in total. The van der Waals surface area contributed by atoms with Crippen molar-refractivity contribution >= 4 is 23.6 Å². The molecule has 0 aromatic heterocycles. The smallest absolute Gasteiger partial charge is 0.329 e. The number of carbonyl (C=O) groups is 2. The monoisotopic (exact) mass is 545 g/mol. The van der Waals surface area contributed by atoms with Crippen LogP contribution in [0.2, 0.25) is 0 Å². The van der Waals surface area contributed by atoms with Gasteiger partial charge in [-0.05, 0) is 17.7 Å². The highest BCUT2D eigenvalue weighted by Crippen LogP contribution is 2.30. The Labute approximate surface area is 222 Å². The Bertz CT molecular complexity index is 782. The molecule has 12 heteroatoms. The Kier molecular flexibility index (Phi) is 16.8. The number of nitrogens with one attached hydrogen (secondary N) is 1. The van der Waals surface area contributed by atoms with Crippen molar-refractivity contribution in [2.45, 2.75) is 18.2 Å². The molecule has 1 amide bonds. The van der Waals surface area contributed by atoms with Crippen LogP contribution in [0.4, 0.5) is 0 Å². The number of thioether (sulfide) groups is 1. The maximum Gasteiger partial charge on any atom is 0.329 e. The van der Waals surface area contributed by atoms with Crippen molar-refractivity contribution in [3.8, 4) is 11.5 Å². The first-order valence-electron chi connectivity index (χ1n) is 12.3. The van der Waals surface area contributed by atoms with Gasteiger partial charge in [0.2, 0.25) is 5.91 Å². The van der Waals surface area contributed by atoms with E-state index in [1.807, 2.05) is 18.2 Å². The molecule has 1 atom stereocenters. The van der Waals surface area contributed by atoms with Crippen LogP contribution in [0.1, 0.15) is 12.0 Å². The summed E-state index contributed by atoms with van der Waals surface area (Å²) in [5.41, 5.74) is 0.981. The molecule has 0 fully saturated rings. The summed E-state index contributed by atoms with van der Waals surface area (Å²) in [6.07, 6.45) is 0.130. The van der Waals surface area contributed by atoms with Gasteiger partial charge < -0.3 is 43.2 Å². The molecule has 0 radical (unpaired) electrons. The Morgan fingerprint density at radius 1 is 0.946 bits per heavy atom. The fourth-order valence-electron chi connectivity index (χ4n) is 3.12. The van der Waals surface area contributed by atoms with E-state index in [0.29, 0.717) is 89.1 Å². The number of hydrogen-bond donors (Lipinski definition) is 1.